The molecule has 0 radical (unpaired) electrons. The standard InChI is InChI=1S/C14H25N3O/c1-3-12-6-5-8-17(9-7-12)14-16-13(11-18-14)10-15-4-2/h11-12,15H,3-10H2,1-2H3. The normalized spacial score (nSPS) is 21.0. The lowest BCUT2D eigenvalue weighted by Gasteiger charge is -2.17. The second kappa shape index (κ2) is 6.78. The summed E-state index contributed by atoms with van der Waals surface area (Å²) < 4.78 is 5.60. The molecule has 1 unspecified atom stereocenters. The summed E-state index contributed by atoms with van der Waals surface area (Å²) in [5.74, 6) is 0.881. The summed E-state index contributed by atoms with van der Waals surface area (Å²) in [6, 6.07) is 0.805. The van der Waals surface area contributed by atoms with Crippen LogP contribution in [0.25, 0.3) is 0 Å². The Bertz CT molecular complexity index is 351. The SMILES string of the molecule is CCNCc1coc(N2CCCC(CC)CC2)n1. The van der Waals surface area contributed by atoms with Crippen LogP contribution in [0.1, 0.15) is 45.2 Å². The lowest BCUT2D eigenvalue weighted by molar-refractivity contribution is 0.458. The molecule has 0 saturated carbocycles. The average Bonchev–Trinajstić information content (AvgIpc) is 2.73. The van der Waals surface area contributed by atoms with E-state index >= 15 is 0 Å². The zero-order valence-corrected chi connectivity index (χ0v) is 11.6. The van der Waals surface area contributed by atoms with E-state index in [-0.39, 0.29) is 0 Å². The maximum atomic E-state index is 5.60. The summed E-state index contributed by atoms with van der Waals surface area (Å²) in [5.41, 5.74) is 1.00. The Morgan fingerprint density at radius 1 is 1.39 bits per heavy atom. The number of oxazole rings is 1. The van der Waals surface area contributed by atoms with Gasteiger partial charge in [0, 0.05) is 19.6 Å². The molecule has 0 amide bonds. The molecule has 1 aromatic rings. The van der Waals surface area contributed by atoms with E-state index in [9.17, 15) is 0 Å². The van der Waals surface area contributed by atoms with Crippen molar-refractivity contribution in [1.29, 1.82) is 0 Å². The van der Waals surface area contributed by atoms with Crippen LogP contribution in [-0.4, -0.2) is 24.6 Å². The minimum atomic E-state index is 0.797. The highest BCUT2D eigenvalue weighted by atomic mass is 16.4. The van der Waals surface area contributed by atoms with E-state index in [0.29, 0.717) is 0 Å². The lowest BCUT2D eigenvalue weighted by atomic mass is 9.98. The summed E-state index contributed by atoms with van der Waals surface area (Å²) in [5, 5.41) is 3.27. The zero-order valence-electron chi connectivity index (χ0n) is 11.6. The van der Waals surface area contributed by atoms with Crippen molar-refractivity contribution in [2.45, 2.75) is 46.1 Å². The summed E-state index contributed by atoms with van der Waals surface area (Å²) in [7, 11) is 0. The molecule has 1 fully saturated rings. The van der Waals surface area contributed by atoms with Crippen LogP contribution in [-0.2, 0) is 6.54 Å². The van der Waals surface area contributed by atoms with Gasteiger partial charge < -0.3 is 14.6 Å². The van der Waals surface area contributed by atoms with E-state index in [1.807, 2.05) is 0 Å². The summed E-state index contributed by atoms with van der Waals surface area (Å²) >= 11 is 0. The van der Waals surface area contributed by atoms with Crippen molar-refractivity contribution in [2.24, 2.45) is 5.92 Å². The third-order valence-electron chi connectivity index (χ3n) is 3.79. The van der Waals surface area contributed by atoms with Gasteiger partial charge in [-0.15, -0.1) is 0 Å². The van der Waals surface area contributed by atoms with Gasteiger partial charge in [-0.3, -0.25) is 0 Å². The minimum Gasteiger partial charge on any atom is -0.432 e. The quantitative estimate of drug-likeness (QED) is 0.873. The van der Waals surface area contributed by atoms with Crippen molar-refractivity contribution >= 4 is 6.01 Å². The highest BCUT2D eigenvalue weighted by Crippen LogP contribution is 2.23. The first kappa shape index (κ1) is 13.4. The van der Waals surface area contributed by atoms with Gasteiger partial charge in [-0.05, 0) is 31.7 Å². The molecule has 1 aromatic heterocycles. The van der Waals surface area contributed by atoms with Crippen LogP contribution < -0.4 is 10.2 Å². The van der Waals surface area contributed by atoms with Crippen molar-refractivity contribution in [2.75, 3.05) is 24.5 Å². The number of nitrogens with zero attached hydrogens (tertiary/aromatic N) is 2. The Hall–Kier alpha value is -1.03. The molecule has 2 heterocycles. The van der Waals surface area contributed by atoms with E-state index < -0.39 is 0 Å². The van der Waals surface area contributed by atoms with Gasteiger partial charge in [0.15, 0.2) is 0 Å². The molecule has 0 spiro atoms. The molecular weight excluding hydrogens is 226 g/mol. The molecule has 2 rings (SSSR count). The summed E-state index contributed by atoms with van der Waals surface area (Å²) in [4.78, 5) is 6.86. The van der Waals surface area contributed by atoms with E-state index in [4.69, 9.17) is 4.42 Å². The smallest absolute Gasteiger partial charge is 0.297 e. The maximum Gasteiger partial charge on any atom is 0.297 e. The third kappa shape index (κ3) is 3.48. The minimum absolute atomic E-state index is 0.797. The first-order valence-corrected chi connectivity index (χ1v) is 7.23. The predicted molar refractivity (Wildman–Crippen MR) is 73.7 cm³/mol. The van der Waals surface area contributed by atoms with Gasteiger partial charge in [0.1, 0.15) is 6.26 Å². The molecule has 102 valence electrons. The van der Waals surface area contributed by atoms with Crippen LogP contribution in [0.3, 0.4) is 0 Å². The molecule has 0 aromatic carbocycles. The Kier molecular flexibility index (Phi) is 5.05. The van der Waals surface area contributed by atoms with Gasteiger partial charge >= 0.3 is 0 Å². The monoisotopic (exact) mass is 251 g/mol. The first-order chi connectivity index (χ1) is 8.83. The van der Waals surface area contributed by atoms with Gasteiger partial charge in [0.25, 0.3) is 6.01 Å². The van der Waals surface area contributed by atoms with Gasteiger partial charge in [0.05, 0.1) is 5.69 Å². The molecule has 1 atom stereocenters. The summed E-state index contributed by atoms with van der Waals surface area (Å²) in [6.45, 7) is 8.31. The number of anilines is 1. The lowest BCUT2D eigenvalue weighted by Crippen LogP contribution is -2.24. The van der Waals surface area contributed by atoms with Crippen molar-refractivity contribution in [1.82, 2.24) is 10.3 Å². The Labute approximate surface area is 110 Å². The fourth-order valence-corrected chi connectivity index (χ4v) is 2.54. The zero-order chi connectivity index (χ0) is 12.8. The van der Waals surface area contributed by atoms with Crippen molar-refractivity contribution < 1.29 is 4.42 Å². The molecule has 4 nitrogen and oxygen atoms in total. The largest absolute Gasteiger partial charge is 0.432 e. The Morgan fingerprint density at radius 3 is 3.06 bits per heavy atom. The highest BCUT2D eigenvalue weighted by molar-refractivity contribution is 5.27. The number of nitrogens with one attached hydrogen (secondary N) is 1. The average molecular weight is 251 g/mol. The number of rotatable bonds is 5. The molecular formula is C14H25N3O. The second-order valence-electron chi connectivity index (χ2n) is 5.09. The van der Waals surface area contributed by atoms with E-state index in [0.717, 1.165) is 43.8 Å². The van der Waals surface area contributed by atoms with Crippen molar-refractivity contribution in [3.63, 3.8) is 0 Å². The van der Waals surface area contributed by atoms with Crippen LogP contribution in [0, 0.1) is 5.92 Å². The van der Waals surface area contributed by atoms with Gasteiger partial charge in [-0.1, -0.05) is 20.3 Å². The molecule has 4 heteroatoms. The Balaban J connectivity index is 1.92. The van der Waals surface area contributed by atoms with Crippen molar-refractivity contribution in [3.05, 3.63) is 12.0 Å². The van der Waals surface area contributed by atoms with Crippen LogP contribution in [0.15, 0.2) is 10.7 Å². The molecule has 1 saturated heterocycles. The van der Waals surface area contributed by atoms with Crippen LogP contribution in [0.5, 0.6) is 0 Å². The summed E-state index contributed by atoms with van der Waals surface area (Å²) in [6.07, 6.45) is 6.94. The highest BCUT2D eigenvalue weighted by Gasteiger charge is 2.19. The van der Waals surface area contributed by atoms with Gasteiger partial charge in [0.2, 0.25) is 0 Å². The molecule has 18 heavy (non-hydrogen) atoms. The number of hydrogen-bond donors (Lipinski definition) is 1. The van der Waals surface area contributed by atoms with Crippen LogP contribution >= 0.6 is 0 Å². The topological polar surface area (TPSA) is 41.3 Å². The maximum absolute atomic E-state index is 5.60. The first-order valence-electron chi connectivity index (χ1n) is 7.23. The second-order valence-corrected chi connectivity index (χ2v) is 5.09. The predicted octanol–water partition coefficient (Wildman–Crippen LogP) is 2.80. The van der Waals surface area contributed by atoms with Crippen molar-refractivity contribution in [3.8, 4) is 0 Å². The molecule has 1 N–H and O–H groups in total. The number of hydrogen-bond acceptors (Lipinski definition) is 4. The molecule has 1 aliphatic heterocycles. The van der Waals surface area contributed by atoms with Crippen LogP contribution in [0.2, 0.25) is 0 Å². The molecule has 0 bridgehead atoms. The van der Waals surface area contributed by atoms with E-state index in [1.165, 1.54) is 25.7 Å². The Morgan fingerprint density at radius 2 is 2.28 bits per heavy atom. The van der Waals surface area contributed by atoms with E-state index in [1.54, 1.807) is 6.26 Å². The molecule has 1 aliphatic rings. The van der Waals surface area contributed by atoms with Crippen LogP contribution in [0.4, 0.5) is 6.01 Å². The van der Waals surface area contributed by atoms with Gasteiger partial charge in [-0.25, -0.2) is 0 Å². The molecule has 0 aliphatic carbocycles. The number of aromatic nitrogens is 1. The van der Waals surface area contributed by atoms with E-state index in [2.05, 4.69) is 29.0 Å². The third-order valence-corrected chi connectivity index (χ3v) is 3.79. The fraction of sp³-hybridized carbons (Fsp3) is 0.786. The van der Waals surface area contributed by atoms with Gasteiger partial charge in [-0.2, -0.15) is 4.98 Å². The fourth-order valence-electron chi connectivity index (χ4n) is 2.54.